The predicted octanol–water partition coefficient (Wildman–Crippen LogP) is 2.27. The van der Waals surface area contributed by atoms with Crippen LogP contribution in [0.15, 0.2) is 24.1 Å². The summed E-state index contributed by atoms with van der Waals surface area (Å²) in [6, 6.07) is 0. The molecule has 0 aliphatic rings. The van der Waals surface area contributed by atoms with E-state index >= 15 is 0 Å². The Balaban J connectivity index is 3.08. The summed E-state index contributed by atoms with van der Waals surface area (Å²) in [5, 5.41) is 0. The minimum Gasteiger partial charge on any atom is -0.118 e. The smallest absolute Gasteiger partial charge is 0.118 e. The summed E-state index contributed by atoms with van der Waals surface area (Å²) in [5.41, 5.74) is 0. The van der Waals surface area contributed by atoms with Crippen molar-refractivity contribution < 1.29 is 0 Å². The summed E-state index contributed by atoms with van der Waals surface area (Å²) in [6.45, 7) is 4.31. The molecule has 0 saturated carbocycles. The molecule has 0 spiro atoms. The van der Waals surface area contributed by atoms with E-state index in [0.717, 1.165) is 20.1 Å². The van der Waals surface area contributed by atoms with Gasteiger partial charge in [-0.15, -0.1) is 12.0 Å². The second kappa shape index (κ2) is 7.54. The number of hydrogen-bond acceptors (Lipinski definition) is 0. The number of rotatable bonds is 4. The van der Waals surface area contributed by atoms with Gasteiger partial charge in [0, 0.05) is 0 Å². The van der Waals surface area contributed by atoms with Gasteiger partial charge in [0.2, 0.25) is 0 Å². The Morgan fingerprint density at radius 1 is 1.00 bits per heavy atom. The van der Waals surface area contributed by atoms with Crippen LogP contribution in [0.1, 0.15) is 26.7 Å². The highest BCUT2D eigenvalue weighted by Crippen LogP contribution is 1.80. The van der Waals surface area contributed by atoms with E-state index in [1.165, 1.54) is 0 Å². The summed E-state index contributed by atoms with van der Waals surface area (Å²) in [4.78, 5) is 0. The van der Waals surface area contributed by atoms with Crippen molar-refractivity contribution >= 4 is 7.28 Å². The molecule has 0 atom stereocenters. The first kappa shape index (κ1) is 8.54. The van der Waals surface area contributed by atoms with Crippen molar-refractivity contribution in [3.05, 3.63) is 24.1 Å². The molecule has 0 nitrogen and oxygen atoms in total. The Bertz CT molecular complexity index is 80.7. The van der Waals surface area contributed by atoms with Crippen molar-refractivity contribution in [2.75, 3.05) is 0 Å². The van der Waals surface area contributed by atoms with Crippen LogP contribution in [0.2, 0.25) is 0 Å². The maximum Gasteiger partial charge on any atom is 0.172 e. The van der Waals surface area contributed by atoms with E-state index in [1.807, 2.05) is 0 Å². The lowest BCUT2D eigenvalue weighted by Crippen LogP contribution is -1.74. The van der Waals surface area contributed by atoms with Crippen LogP contribution < -0.4 is 0 Å². The van der Waals surface area contributed by atoms with E-state index in [4.69, 9.17) is 0 Å². The second-order valence-electron chi connectivity index (χ2n) is 2.00. The summed E-state index contributed by atoms with van der Waals surface area (Å²) >= 11 is 0. The molecule has 0 aliphatic carbocycles. The van der Waals surface area contributed by atoms with Gasteiger partial charge in [-0.05, 0) is 12.8 Å². The fourth-order valence-corrected chi connectivity index (χ4v) is 0.604. The lowest BCUT2D eigenvalue weighted by atomic mass is 9.78. The summed E-state index contributed by atoms with van der Waals surface area (Å²) in [6.07, 6.45) is 6.69. The third-order valence-corrected chi connectivity index (χ3v) is 1.08. The van der Waals surface area contributed by atoms with E-state index in [-0.39, 0.29) is 0 Å². The molecule has 0 rings (SSSR count). The van der Waals surface area contributed by atoms with Gasteiger partial charge in [-0.2, -0.15) is 0 Å². The van der Waals surface area contributed by atoms with Crippen molar-refractivity contribution in [2.45, 2.75) is 26.7 Å². The molecule has 0 aromatic heterocycles. The largest absolute Gasteiger partial charge is 0.172 e. The van der Waals surface area contributed by atoms with Gasteiger partial charge in [0.25, 0.3) is 0 Å². The average Bonchev–Trinajstić information content (AvgIpc) is 1.89. The van der Waals surface area contributed by atoms with Crippen molar-refractivity contribution in [3.8, 4) is 0 Å². The molecule has 0 heterocycles. The van der Waals surface area contributed by atoms with Gasteiger partial charge >= 0.3 is 0 Å². The lowest BCUT2D eigenvalue weighted by molar-refractivity contribution is 1.23. The lowest BCUT2D eigenvalue weighted by Gasteiger charge is -1.77. The third kappa shape index (κ3) is 7.54. The average molecular weight is 122 g/mol. The number of allylic oxidation sites excluding steroid dienone is 2. The molecule has 0 unspecified atom stereocenters. The predicted molar refractivity (Wildman–Crippen MR) is 46.0 cm³/mol. The first-order valence-corrected chi connectivity index (χ1v) is 3.71. The van der Waals surface area contributed by atoms with Crippen molar-refractivity contribution in [2.24, 2.45) is 0 Å². The van der Waals surface area contributed by atoms with Crippen LogP contribution in [0, 0.1) is 0 Å². The Hall–Kier alpha value is -0.455. The standard InChI is InChI=1S/C8H15B/c1-3-5-7-9-8-6-4-2/h5-9H,3-4H2,1-2H3. The molecular formula is C8H15B. The molecule has 9 heavy (non-hydrogen) atoms. The summed E-state index contributed by atoms with van der Waals surface area (Å²) in [5.74, 6) is 4.40. The Morgan fingerprint density at radius 3 is 1.78 bits per heavy atom. The molecule has 0 radical (unpaired) electrons. The first-order chi connectivity index (χ1) is 4.41. The van der Waals surface area contributed by atoms with E-state index in [0.29, 0.717) is 0 Å². The van der Waals surface area contributed by atoms with Crippen LogP contribution in [-0.2, 0) is 0 Å². The van der Waals surface area contributed by atoms with Crippen LogP contribution >= 0.6 is 0 Å². The zero-order valence-corrected chi connectivity index (χ0v) is 6.43. The minimum absolute atomic E-state index is 1.10. The van der Waals surface area contributed by atoms with Crippen molar-refractivity contribution in [1.29, 1.82) is 0 Å². The highest BCUT2D eigenvalue weighted by atomic mass is 13.6. The van der Waals surface area contributed by atoms with Gasteiger partial charge in [0.1, 0.15) is 0 Å². The van der Waals surface area contributed by atoms with Gasteiger partial charge in [-0.3, -0.25) is 0 Å². The fraction of sp³-hybridized carbons (Fsp3) is 0.500. The van der Waals surface area contributed by atoms with Crippen LogP contribution in [0.3, 0.4) is 0 Å². The summed E-state index contributed by atoms with van der Waals surface area (Å²) in [7, 11) is 1.10. The Labute approximate surface area is 58.9 Å². The van der Waals surface area contributed by atoms with E-state index in [1.54, 1.807) is 0 Å². The van der Waals surface area contributed by atoms with Crippen LogP contribution in [0.5, 0.6) is 0 Å². The molecule has 0 saturated heterocycles. The van der Waals surface area contributed by atoms with Crippen molar-refractivity contribution in [1.82, 2.24) is 0 Å². The molecule has 0 aromatic carbocycles. The Morgan fingerprint density at radius 2 is 1.44 bits per heavy atom. The maximum absolute atomic E-state index is 2.20. The molecule has 0 aliphatic heterocycles. The van der Waals surface area contributed by atoms with Gasteiger partial charge in [-0.25, -0.2) is 0 Å². The quantitative estimate of drug-likeness (QED) is 0.501. The molecule has 50 valence electrons. The minimum atomic E-state index is 1.10. The highest BCUT2D eigenvalue weighted by Gasteiger charge is 1.71. The van der Waals surface area contributed by atoms with Gasteiger partial charge < -0.3 is 0 Å². The monoisotopic (exact) mass is 122 g/mol. The highest BCUT2D eigenvalue weighted by molar-refractivity contribution is 6.48. The molecule has 0 amide bonds. The fourth-order valence-electron chi connectivity index (χ4n) is 0.604. The van der Waals surface area contributed by atoms with E-state index < -0.39 is 0 Å². The molecule has 0 N–H and O–H groups in total. The van der Waals surface area contributed by atoms with Crippen LogP contribution in [0.25, 0.3) is 0 Å². The van der Waals surface area contributed by atoms with Crippen molar-refractivity contribution in [3.63, 3.8) is 0 Å². The molecule has 0 bridgehead atoms. The Kier molecular flexibility index (Phi) is 7.16. The molecule has 1 heteroatoms. The zero-order chi connectivity index (χ0) is 6.95. The SMILES string of the molecule is CCC=CBC=CCC. The molecular weight excluding hydrogens is 107 g/mol. The number of hydrogen-bond donors (Lipinski definition) is 0. The van der Waals surface area contributed by atoms with Crippen LogP contribution in [0.4, 0.5) is 0 Å². The molecule has 0 fully saturated rings. The summed E-state index contributed by atoms with van der Waals surface area (Å²) < 4.78 is 0. The topological polar surface area (TPSA) is 0 Å². The van der Waals surface area contributed by atoms with Gasteiger partial charge in [0.05, 0.1) is 0 Å². The maximum atomic E-state index is 2.20. The van der Waals surface area contributed by atoms with E-state index in [9.17, 15) is 0 Å². The van der Waals surface area contributed by atoms with Gasteiger partial charge in [0.15, 0.2) is 7.28 Å². The normalized spacial score (nSPS) is 11.3. The molecule has 0 aromatic rings. The van der Waals surface area contributed by atoms with Crippen LogP contribution in [-0.4, -0.2) is 7.28 Å². The van der Waals surface area contributed by atoms with Gasteiger partial charge in [-0.1, -0.05) is 26.0 Å². The zero-order valence-electron chi connectivity index (χ0n) is 6.43. The third-order valence-electron chi connectivity index (χ3n) is 1.08. The van der Waals surface area contributed by atoms with E-state index in [2.05, 4.69) is 38.0 Å². The first-order valence-electron chi connectivity index (χ1n) is 3.71. The second-order valence-corrected chi connectivity index (χ2v) is 2.00.